The minimum absolute atomic E-state index is 0.676. The zero-order valence-electron chi connectivity index (χ0n) is 36.3. The van der Waals surface area contributed by atoms with E-state index in [1.54, 1.807) is 0 Å². The van der Waals surface area contributed by atoms with E-state index >= 15 is 0 Å². The molecule has 0 atom stereocenters. The van der Waals surface area contributed by atoms with Crippen LogP contribution >= 0.6 is 15.2 Å². The fourth-order valence-electron chi connectivity index (χ4n) is 6.78. The molecule has 17 heteroatoms. The van der Waals surface area contributed by atoms with Crippen LogP contribution in [0.25, 0.3) is 0 Å². The summed E-state index contributed by atoms with van der Waals surface area (Å²) in [4.78, 5) is 0. The van der Waals surface area contributed by atoms with Gasteiger partial charge in [0, 0.05) is 0 Å². The Morgan fingerprint density at radius 2 is 0.621 bits per heavy atom. The van der Waals surface area contributed by atoms with Gasteiger partial charge < -0.3 is 31.5 Å². The molecular formula is C49H50BF10O3P2Sb. The fraction of sp³-hybridized carbons (Fsp3) is 0.143. The standard InChI is InChI=1S/C25H22P.C24H27O3P.BF4.6FH.Sb/c1-5-13-22(14-6-1)21-26(23-15-7-2-8-16-23,24-17-9-3-10-18-24)25-19-11-4-12-20-25;1-4-25-19-7-13-22(14-8-19)28(23-15-9-20(10-16-23)26-5-2)24-17-11-21(12-18-24)27-6-3;2-1(3,4)5;;;;;;;/h1-20H,21H2;7-18H,4-6H2,1-3H3;;6*1H;/q+1;;-1;;;;;;;+5/p-5. The van der Waals surface area contributed by atoms with E-state index in [4.69, 9.17) is 14.2 Å². The maximum absolute atomic E-state index is 11.2. The molecular weight excluding hydrogens is 1020 g/mol. The van der Waals surface area contributed by atoms with E-state index in [9.17, 15) is 34.1 Å². The SMILES string of the molecule is CCOc1ccc([PH+](c2ccc(OCC)cc2)c2ccc(OCC)cc2)cc1.F[B-](F)(F)F.[F][Sb-]([F])([F])([F])([F])[F].c1ccc(C[P+](c2ccccc2)(c2ccccc2)c2ccccc2)cc1. The number of ether oxygens (including phenoxy) is 3. The van der Waals surface area contributed by atoms with Gasteiger partial charge in [-0.15, -0.1) is 0 Å². The van der Waals surface area contributed by atoms with E-state index in [2.05, 4.69) is 194 Å². The largest absolute Gasteiger partial charge is 0.116 e. The molecule has 0 saturated carbocycles. The smallest absolute Gasteiger partial charge is 0.0622 e. The first kappa shape index (κ1) is 53.6. The van der Waals surface area contributed by atoms with Crippen molar-refractivity contribution in [3.8, 4) is 17.2 Å². The van der Waals surface area contributed by atoms with Crippen LogP contribution in [0.15, 0.2) is 194 Å². The van der Waals surface area contributed by atoms with Crippen molar-refractivity contribution in [1.29, 1.82) is 0 Å². The summed E-state index contributed by atoms with van der Waals surface area (Å²) in [6, 6.07) is 69.5. The molecule has 0 fully saturated rings. The van der Waals surface area contributed by atoms with Gasteiger partial charge in [-0.25, -0.2) is 0 Å². The molecule has 0 aliphatic carbocycles. The quantitative estimate of drug-likeness (QED) is 0.0617. The van der Waals surface area contributed by atoms with Crippen molar-refractivity contribution in [1.82, 2.24) is 0 Å². The van der Waals surface area contributed by atoms with E-state index < -0.39 is 41.9 Å². The van der Waals surface area contributed by atoms with E-state index in [-0.39, 0.29) is 0 Å². The summed E-state index contributed by atoms with van der Waals surface area (Å²) < 4.78 is 115. The van der Waals surface area contributed by atoms with Crippen molar-refractivity contribution in [2.75, 3.05) is 19.8 Å². The Balaban J connectivity index is 0.000000232. The van der Waals surface area contributed by atoms with Gasteiger partial charge in [0.2, 0.25) is 0 Å². The van der Waals surface area contributed by atoms with Crippen LogP contribution in [0.3, 0.4) is 0 Å². The van der Waals surface area contributed by atoms with Gasteiger partial charge in [0.15, 0.2) is 0 Å². The first-order valence-corrected chi connectivity index (χ1v) is 29.9. The van der Waals surface area contributed by atoms with E-state index in [0.717, 1.165) is 23.4 Å². The van der Waals surface area contributed by atoms with Crippen LogP contribution in [0.2, 0.25) is 0 Å². The van der Waals surface area contributed by atoms with Crippen molar-refractivity contribution >= 4 is 73.7 Å². The second kappa shape index (κ2) is 23.6. The van der Waals surface area contributed by atoms with Crippen LogP contribution in [0.1, 0.15) is 26.3 Å². The van der Waals surface area contributed by atoms with Crippen molar-refractivity contribution in [3.05, 3.63) is 200 Å². The monoisotopic (exact) mass is 1070 g/mol. The summed E-state index contributed by atoms with van der Waals surface area (Å²) in [5.41, 5.74) is 1.39. The maximum Gasteiger partial charge on any atom is 0.116 e. The second-order valence-electron chi connectivity index (χ2n) is 14.2. The molecule has 352 valence electrons. The topological polar surface area (TPSA) is 27.7 Å². The summed E-state index contributed by atoms with van der Waals surface area (Å²) in [5, 5.41) is 8.26. The molecule has 0 saturated heterocycles. The first-order valence-electron chi connectivity index (χ1n) is 20.7. The number of benzene rings is 7. The average Bonchev–Trinajstić information content (AvgIpc) is 3.28. The molecule has 0 radical (unpaired) electrons. The molecule has 0 aliphatic rings. The van der Waals surface area contributed by atoms with Gasteiger partial charge in [-0.2, -0.15) is 0 Å². The molecule has 0 unspecified atom stereocenters. The fourth-order valence-corrected chi connectivity index (χ4v) is 13.5. The number of rotatable bonds is 14. The molecule has 0 N–H and O–H groups in total. The number of hydrogen-bond acceptors (Lipinski definition) is 3. The van der Waals surface area contributed by atoms with Crippen molar-refractivity contribution < 1.29 is 48.4 Å². The molecule has 3 nitrogen and oxygen atoms in total. The first-order chi connectivity index (χ1) is 31.1. The van der Waals surface area contributed by atoms with Crippen LogP contribution in [-0.4, -0.2) is 46.6 Å². The summed E-state index contributed by atoms with van der Waals surface area (Å²) in [6.07, 6.45) is 1.03. The predicted molar refractivity (Wildman–Crippen MR) is 258 cm³/mol. The molecule has 0 bridgehead atoms. The summed E-state index contributed by atoms with van der Waals surface area (Å²) >= 11 is -11.2. The Bertz CT molecular complexity index is 2230. The third-order valence-electron chi connectivity index (χ3n) is 9.22. The van der Waals surface area contributed by atoms with Gasteiger partial charge in [0.1, 0.15) is 56.3 Å². The van der Waals surface area contributed by atoms with Gasteiger partial charge in [0.05, 0.1) is 33.9 Å². The zero-order valence-corrected chi connectivity index (χ0v) is 40.7. The molecule has 0 spiro atoms. The van der Waals surface area contributed by atoms with Crippen molar-refractivity contribution in [2.45, 2.75) is 26.9 Å². The minimum atomic E-state index is -11.2. The summed E-state index contributed by atoms with van der Waals surface area (Å²) in [5.74, 6) is 2.72. The third-order valence-corrected chi connectivity index (χ3v) is 16.3. The van der Waals surface area contributed by atoms with Crippen LogP contribution in [0, 0.1) is 0 Å². The van der Waals surface area contributed by atoms with Gasteiger partial charge in [-0.05, 0) is 136 Å². The van der Waals surface area contributed by atoms with E-state index in [0.29, 0.717) is 19.8 Å². The molecule has 7 aromatic rings. The number of halogens is 10. The molecule has 0 heterocycles. The molecule has 7 aromatic carbocycles. The molecule has 0 aliphatic heterocycles. The minimum Gasteiger partial charge on any atom is -0.0622 e. The Morgan fingerprint density at radius 3 is 0.848 bits per heavy atom. The third kappa shape index (κ3) is 19.4. The Hall–Kier alpha value is -5.02. The Morgan fingerprint density at radius 1 is 0.394 bits per heavy atom. The second-order valence-corrected chi connectivity index (χ2v) is 25.6. The van der Waals surface area contributed by atoms with E-state index in [1.807, 2.05) is 20.8 Å². The average molecular weight is 1070 g/mol. The van der Waals surface area contributed by atoms with Crippen LogP contribution in [0.4, 0.5) is 34.1 Å². The summed E-state index contributed by atoms with van der Waals surface area (Å²) in [7, 11) is -8.91. The van der Waals surface area contributed by atoms with Gasteiger partial charge in [-0.3, -0.25) is 0 Å². The summed E-state index contributed by atoms with van der Waals surface area (Å²) in [6.45, 7) is 8.04. The van der Waals surface area contributed by atoms with Crippen LogP contribution in [0.5, 0.6) is 17.2 Å². The normalized spacial score (nSPS) is 12.3. The Labute approximate surface area is 383 Å². The predicted octanol–water partition coefficient (Wildman–Crippen LogP) is 13.0. The van der Waals surface area contributed by atoms with E-state index in [1.165, 1.54) is 37.4 Å². The van der Waals surface area contributed by atoms with Gasteiger partial charge in [-0.1, -0.05) is 84.9 Å². The van der Waals surface area contributed by atoms with Crippen molar-refractivity contribution in [3.63, 3.8) is 0 Å². The Kier molecular flexibility index (Phi) is 19.2. The molecule has 66 heavy (non-hydrogen) atoms. The van der Waals surface area contributed by atoms with Crippen molar-refractivity contribution in [2.24, 2.45) is 0 Å². The van der Waals surface area contributed by atoms with Gasteiger partial charge in [0.25, 0.3) is 0 Å². The van der Waals surface area contributed by atoms with Gasteiger partial charge >= 0.3 is 43.6 Å². The zero-order chi connectivity index (χ0) is 48.3. The number of hydrogen-bond donors (Lipinski definition) is 0. The van der Waals surface area contributed by atoms with Crippen LogP contribution in [-0.2, 0) is 6.16 Å². The van der Waals surface area contributed by atoms with Crippen LogP contribution < -0.4 is 46.0 Å². The molecule has 7 rings (SSSR count). The maximum atomic E-state index is 9.93. The molecule has 0 amide bonds. The molecule has 0 aromatic heterocycles.